The fourth-order valence-electron chi connectivity index (χ4n) is 1.59. The highest BCUT2D eigenvalue weighted by atomic mass is 35.5. The zero-order valence-electron chi connectivity index (χ0n) is 9.20. The molecule has 1 aromatic rings. The molecule has 0 aliphatic heterocycles. The van der Waals surface area contributed by atoms with E-state index in [2.05, 4.69) is 21.8 Å². The highest BCUT2D eigenvalue weighted by Gasteiger charge is 2.27. The van der Waals surface area contributed by atoms with E-state index in [1.54, 1.807) is 0 Å². The Morgan fingerprint density at radius 2 is 2.20 bits per heavy atom. The first-order valence-electron chi connectivity index (χ1n) is 5.46. The second-order valence-electron chi connectivity index (χ2n) is 4.10. The first-order valence-corrected chi connectivity index (χ1v) is 5.84. The minimum atomic E-state index is 0.553. The van der Waals surface area contributed by atoms with Crippen molar-refractivity contribution in [3.05, 3.63) is 17.0 Å². The highest BCUT2D eigenvalue weighted by molar-refractivity contribution is 6.29. The standard InChI is InChI=1S/C11H16ClN3/c1-3-6-15(2)10-7-9(12)13-11(14-10)8-4-5-8/h7-8H,3-6H2,1-2H3. The summed E-state index contributed by atoms with van der Waals surface area (Å²) in [7, 11) is 2.04. The van der Waals surface area contributed by atoms with Crippen LogP contribution in [0.4, 0.5) is 5.82 Å². The van der Waals surface area contributed by atoms with E-state index >= 15 is 0 Å². The van der Waals surface area contributed by atoms with Gasteiger partial charge in [0, 0.05) is 25.6 Å². The first-order chi connectivity index (χ1) is 7.20. The normalized spacial score (nSPS) is 15.4. The summed E-state index contributed by atoms with van der Waals surface area (Å²) in [6.07, 6.45) is 3.52. The molecule has 15 heavy (non-hydrogen) atoms. The van der Waals surface area contributed by atoms with Gasteiger partial charge in [0.05, 0.1) is 0 Å². The third kappa shape index (κ3) is 2.59. The van der Waals surface area contributed by atoms with Gasteiger partial charge in [0.25, 0.3) is 0 Å². The van der Waals surface area contributed by atoms with Crippen LogP contribution >= 0.6 is 11.6 Å². The predicted molar refractivity (Wildman–Crippen MR) is 62.6 cm³/mol. The maximum Gasteiger partial charge on any atom is 0.135 e. The van der Waals surface area contributed by atoms with E-state index < -0.39 is 0 Å². The van der Waals surface area contributed by atoms with Crippen molar-refractivity contribution in [1.82, 2.24) is 9.97 Å². The average Bonchev–Trinajstić information content (AvgIpc) is 3.00. The van der Waals surface area contributed by atoms with Crippen molar-refractivity contribution in [3.8, 4) is 0 Å². The number of hydrogen-bond donors (Lipinski definition) is 0. The zero-order chi connectivity index (χ0) is 10.8. The number of halogens is 1. The molecule has 82 valence electrons. The second kappa shape index (κ2) is 4.35. The van der Waals surface area contributed by atoms with Gasteiger partial charge >= 0.3 is 0 Å². The topological polar surface area (TPSA) is 29.0 Å². The summed E-state index contributed by atoms with van der Waals surface area (Å²) in [4.78, 5) is 10.9. The SMILES string of the molecule is CCCN(C)c1cc(Cl)nc(C2CC2)n1. The molecule has 0 N–H and O–H groups in total. The van der Waals surface area contributed by atoms with E-state index in [9.17, 15) is 0 Å². The van der Waals surface area contributed by atoms with Gasteiger partial charge in [0.15, 0.2) is 0 Å². The van der Waals surface area contributed by atoms with Crippen LogP contribution < -0.4 is 4.90 Å². The molecule has 0 aromatic carbocycles. The van der Waals surface area contributed by atoms with Gasteiger partial charge in [-0.1, -0.05) is 18.5 Å². The van der Waals surface area contributed by atoms with Gasteiger partial charge in [-0.3, -0.25) is 0 Å². The van der Waals surface area contributed by atoms with Gasteiger partial charge in [-0.05, 0) is 19.3 Å². The van der Waals surface area contributed by atoms with Gasteiger partial charge in [-0.25, -0.2) is 9.97 Å². The Balaban J connectivity index is 2.22. The lowest BCUT2D eigenvalue weighted by molar-refractivity contribution is 0.818. The molecule has 2 rings (SSSR count). The molecule has 0 unspecified atom stereocenters. The van der Waals surface area contributed by atoms with Gasteiger partial charge in [0.1, 0.15) is 16.8 Å². The lowest BCUT2D eigenvalue weighted by Crippen LogP contribution is -2.19. The molecule has 1 aromatic heterocycles. The number of aromatic nitrogens is 2. The van der Waals surface area contributed by atoms with Crippen LogP contribution in [-0.4, -0.2) is 23.6 Å². The molecule has 0 saturated heterocycles. The van der Waals surface area contributed by atoms with E-state index in [0.717, 1.165) is 24.6 Å². The molecule has 4 heteroatoms. The van der Waals surface area contributed by atoms with Crippen LogP contribution in [-0.2, 0) is 0 Å². The monoisotopic (exact) mass is 225 g/mol. The fraction of sp³-hybridized carbons (Fsp3) is 0.636. The van der Waals surface area contributed by atoms with Crippen molar-refractivity contribution in [2.24, 2.45) is 0 Å². The molecule has 0 bridgehead atoms. The first kappa shape index (κ1) is 10.7. The van der Waals surface area contributed by atoms with Crippen molar-refractivity contribution in [3.63, 3.8) is 0 Å². The maximum absolute atomic E-state index is 5.99. The summed E-state index contributed by atoms with van der Waals surface area (Å²) in [5, 5.41) is 0.560. The third-order valence-corrected chi connectivity index (χ3v) is 2.78. The molecular weight excluding hydrogens is 210 g/mol. The Morgan fingerprint density at radius 1 is 1.47 bits per heavy atom. The van der Waals surface area contributed by atoms with Crippen molar-refractivity contribution in [2.45, 2.75) is 32.1 Å². The summed E-state index contributed by atoms with van der Waals surface area (Å²) in [5.41, 5.74) is 0. The summed E-state index contributed by atoms with van der Waals surface area (Å²) < 4.78 is 0. The number of hydrogen-bond acceptors (Lipinski definition) is 3. The minimum Gasteiger partial charge on any atom is -0.360 e. The van der Waals surface area contributed by atoms with Gasteiger partial charge < -0.3 is 4.90 Å². The Bertz CT molecular complexity index is 350. The van der Waals surface area contributed by atoms with Gasteiger partial charge in [-0.15, -0.1) is 0 Å². The van der Waals surface area contributed by atoms with E-state index in [1.165, 1.54) is 12.8 Å². The third-order valence-electron chi connectivity index (χ3n) is 2.59. The quantitative estimate of drug-likeness (QED) is 0.738. The average molecular weight is 226 g/mol. The fourth-order valence-corrected chi connectivity index (χ4v) is 1.78. The van der Waals surface area contributed by atoms with Crippen LogP contribution in [0.1, 0.15) is 37.9 Å². The molecule has 0 atom stereocenters. The highest BCUT2D eigenvalue weighted by Crippen LogP contribution is 2.38. The van der Waals surface area contributed by atoms with Crippen LogP contribution in [0.2, 0.25) is 5.15 Å². The molecule has 1 saturated carbocycles. The Kier molecular flexibility index (Phi) is 3.10. The molecule has 0 radical (unpaired) electrons. The van der Waals surface area contributed by atoms with Crippen LogP contribution in [0, 0.1) is 0 Å². The molecule has 1 fully saturated rings. The predicted octanol–water partition coefficient (Wildman–Crippen LogP) is 2.85. The zero-order valence-corrected chi connectivity index (χ0v) is 9.96. The molecule has 3 nitrogen and oxygen atoms in total. The van der Waals surface area contributed by atoms with Crippen LogP contribution in [0.5, 0.6) is 0 Å². The molecular formula is C11H16ClN3. The van der Waals surface area contributed by atoms with E-state index in [1.807, 2.05) is 13.1 Å². The number of rotatable bonds is 4. The minimum absolute atomic E-state index is 0.553. The molecule has 0 spiro atoms. The van der Waals surface area contributed by atoms with Crippen LogP contribution in [0.25, 0.3) is 0 Å². The van der Waals surface area contributed by atoms with Crippen LogP contribution in [0.3, 0.4) is 0 Å². The molecule has 0 amide bonds. The number of anilines is 1. The molecule has 1 aliphatic rings. The van der Waals surface area contributed by atoms with E-state index in [0.29, 0.717) is 11.1 Å². The van der Waals surface area contributed by atoms with Crippen LogP contribution in [0.15, 0.2) is 6.07 Å². The smallest absolute Gasteiger partial charge is 0.135 e. The lowest BCUT2D eigenvalue weighted by Gasteiger charge is -2.17. The Morgan fingerprint density at radius 3 is 2.80 bits per heavy atom. The Labute approximate surface area is 95.5 Å². The van der Waals surface area contributed by atoms with Gasteiger partial charge in [0.2, 0.25) is 0 Å². The number of nitrogens with zero attached hydrogens (tertiary/aromatic N) is 3. The maximum atomic E-state index is 5.99. The summed E-state index contributed by atoms with van der Waals surface area (Å²) in [6.45, 7) is 3.15. The summed E-state index contributed by atoms with van der Waals surface area (Å²) in [5.74, 6) is 2.41. The summed E-state index contributed by atoms with van der Waals surface area (Å²) >= 11 is 5.99. The van der Waals surface area contributed by atoms with Crippen molar-refractivity contribution in [2.75, 3.05) is 18.5 Å². The summed E-state index contributed by atoms with van der Waals surface area (Å²) in [6, 6.07) is 1.84. The molecule has 1 heterocycles. The van der Waals surface area contributed by atoms with Crippen molar-refractivity contribution in [1.29, 1.82) is 0 Å². The Hall–Kier alpha value is -0.830. The van der Waals surface area contributed by atoms with Gasteiger partial charge in [-0.2, -0.15) is 0 Å². The molecule has 1 aliphatic carbocycles. The largest absolute Gasteiger partial charge is 0.360 e. The second-order valence-corrected chi connectivity index (χ2v) is 4.49. The van der Waals surface area contributed by atoms with E-state index in [4.69, 9.17) is 11.6 Å². The van der Waals surface area contributed by atoms with Crippen molar-refractivity contribution >= 4 is 17.4 Å². The van der Waals surface area contributed by atoms with Crippen molar-refractivity contribution < 1.29 is 0 Å². The lowest BCUT2D eigenvalue weighted by atomic mass is 10.3. The van der Waals surface area contributed by atoms with E-state index in [-0.39, 0.29) is 0 Å².